The van der Waals surface area contributed by atoms with Crippen LogP contribution in [0.25, 0.3) is 0 Å². The molecule has 0 radical (unpaired) electrons. The maximum Gasteiger partial charge on any atom is 0.162 e. The fourth-order valence-electron chi connectivity index (χ4n) is 1.59. The summed E-state index contributed by atoms with van der Waals surface area (Å²) in [5.74, 6) is -1.65. The van der Waals surface area contributed by atoms with Gasteiger partial charge >= 0.3 is 0 Å². The van der Waals surface area contributed by atoms with Crippen molar-refractivity contribution in [2.75, 3.05) is 6.54 Å². The summed E-state index contributed by atoms with van der Waals surface area (Å²) in [7, 11) is 0. The van der Waals surface area contributed by atoms with Crippen LogP contribution in [0.1, 0.15) is 18.9 Å². The van der Waals surface area contributed by atoms with Crippen LogP contribution in [0.3, 0.4) is 0 Å². The standard InChI is InChI=1S/C12H15F2N/c1-3-7-12(2,8-15)9-5-4-6-10(13)11(9)14/h3-6H,1,7-8,15H2,2H3. The van der Waals surface area contributed by atoms with Crippen molar-refractivity contribution in [2.24, 2.45) is 5.73 Å². The Morgan fingerprint density at radius 3 is 2.67 bits per heavy atom. The average molecular weight is 211 g/mol. The maximum atomic E-state index is 13.5. The summed E-state index contributed by atoms with van der Waals surface area (Å²) >= 11 is 0. The molecule has 3 heteroatoms. The molecule has 1 atom stereocenters. The Morgan fingerprint density at radius 1 is 1.47 bits per heavy atom. The monoisotopic (exact) mass is 211 g/mol. The Labute approximate surface area is 88.6 Å². The van der Waals surface area contributed by atoms with Gasteiger partial charge in [-0.15, -0.1) is 6.58 Å². The third-order valence-electron chi connectivity index (χ3n) is 2.65. The number of halogens is 2. The molecular weight excluding hydrogens is 196 g/mol. The first-order valence-electron chi connectivity index (χ1n) is 4.80. The molecule has 0 saturated heterocycles. The molecule has 0 saturated carbocycles. The Balaban J connectivity index is 3.23. The van der Waals surface area contributed by atoms with Crippen molar-refractivity contribution in [3.8, 4) is 0 Å². The van der Waals surface area contributed by atoms with E-state index in [0.717, 1.165) is 6.07 Å². The van der Waals surface area contributed by atoms with E-state index < -0.39 is 17.0 Å². The molecule has 0 aliphatic carbocycles. The molecule has 82 valence electrons. The molecule has 0 heterocycles. The average Bonchev–Trinajstić information content (AvgIpc) is 2.22. The van der Waals surface area contributed by atoms with E-state index in [0.29, 0.717) is 12.0 Å². The Hall–Kier alpha value is -1.22. The van der Waals surface area contributed by atoms with E-state index in [1.54, 1.807) is 19.1 Å². The van der Waals surface area contributed by atoms with Gasteiger partial charge in [0.05, 0.1) is 0 Å². The Bertz CT molecular complexity index is 363. The molecule has 1 nitrogen and oxygen atoms in total. The van der Waals surface area contributed by atoms with E-state index in [1.165, 1.54) is 6.07 Å². The summed E-state index contributed by atoms with van der Waals surface area (Å²) < 4.78 is 26.6. The number of nitrogens with two attached hydrogens (primary N) is 1. The maximum absolute atomic E-state index is 13.5. The zero-order valence-electron chi connectivity index (χ0n) is 8.76. The molecule has 0 aromatic heterocycles. The van der Waals surface area contributed by atoms with Crippen LogP contribution in [0.5, 0.6) is 0 Å². The first-order chi connectivity index (χ1) is 7.05. The van der Waals surface area contributed by atoms with Gasteiger partial charge in [0.2, 0.25) is 0 Å². The molecule has 0 fully saturated rings. The zero-order valence-corrected chi connectivity index (χ0v) is 8.76. The number of benzene rings is 1. The summed E-state index contributed by atoms with van der Waals surface area (Å²) in [6, 6.07) is 4.16. The topological polar surface area (TPSA) is 26.0 Å². The summed E-state index contributed by atoms with van der Waals surface area (Å²) in [6.45, 7) is 5.65. The first-order valence-corrected chi connectivity index (χ1v) is 4.80. The van der Waals surface area contributed by atoms with E-state index in [1.807, 2.05) is 0 Å². The molecule has 0 aliphatic rings. The van der Waals surface area contributed by atoms with Crippen molar-refractivity contribution < 1.29 is 8.78 Å². The summed E-state index contributed by atoms with van der Waals surface area (Å²) in [5.41, 5.74) is 5.33. The molecule has 1 unspecified atom stereocenters. The van der Waals surface area contributed by atoms with Crippen LogP contribution in [0.2, 0.25) is 0 Å². The number of allylic oxidation sites excluding steroid dienone is 1. The van der Waals surface area contributed by atoms with Gasteiger partial charge in [-0.3, -0.25) is 0 Å². The lowest BCUT2D eigenvalue weighted by molar-refractivity contribution is 0.430. The smallest absolute Gasteiger partial charge is 0.162 e. The minimum absolute atomic E-state index is 0.249. The lowest BCUT2D eigenvalue weighted by Crippen LogP contribution is -2.32. The third kappa shape index (κ3) is 2.23. The predicted octanol–water partition coefficient (Wildman–Crippen LogP) is 2.76. The van der Waals surface area contributed by atoms with Gasteiger partial charge in [-0.25, -0.2) is 8.78 Å². The Kier molecular flexibility index (Phi) is 3.58. The van der Waals surface area contributed by atoms with Crippen LogP contribution in [0, 0.1) is 11.6 Å². The molecule has 0 aliphatic heterocycles. The second-order valence-electron chi connectivity index (χ2n) is 3.86. The molecule has 1 aromatic rings. The van der Waals surface area contributed by atoms with Gasteiger partial charge in [0.25, 0.3) is 0 Å². The second kappa shape index (κ2) is 4.53. The van der Waals surface area contributed by atoms with Crippen LogP contribution in [-0.2, 0) is 5.41 Å². The van der Waals surface area contributed by atoms with E-state index in [4.69, 9.17) is 5.73 Å². The van der Waals surface area contributed by atoms with Crippen molar-refractivity contribution in [1.29, 1.82) is 0 Å². The molecule has 0 bridgehead atoms. The van der Waals surface area contributed by atoms with Crippen molar-refractivity contribution in [3.63, 3.8) is 0 Å². The molecule has 1 rings (SSSR count). The second-order valence-corrected chi connectivity index (χ2v) is 3.86. The highest BCUT2D eigenvalue weighted by molar-refractivity contribution is 5.28. The van der Waals surface area contributed by atoms with Crippen LogP contribution in [-0.4, -0.2) is 6.54 Å². The van der Waals surface area contributed by atoms with E-state index >= 15 is 0 Å². The van der Waals surface area contributed by atoms with Crippen LogP contribution in [0.4, 0.5) is 8.78 Å². The molecule has 2 N–H and O–H groups in total. The van der Waals surface area contributed by atoms with E-state index in [2.05, 4.69) is 6.58 Å². The van der Waals surface area contributed by atoms with Crippen LogP contribution >= 0.6 is 0 Å². The van der Waals surface area contributed by atoms with Gasteiger partial charge in [0.15, 0.2) is 11.6 Å². The molecule has 15 heavy (non-hydrogen) atoms. The SMILES string of the molecule is C=CCC(C)(CN)c1cccc(F)c1F. The third-order valence-corrected chi connectivity index (χ3v) is 2.65. The summed E-state index contributed by atoms with van der Waals surface area (Å²) in [6.07, 6.45) is 2.18. The van der Waals surface area contributed by atoms with Gasteiger partial charge < -0.3 is 5.73 Å². The van der Waals surface area contributed by atoms with Gasteiger partial charge in [0, 0.05) is 12.0 Å². The highest BCUT2D eigenvalue weighted by Gasteiger charge is 2.27. The minimum atomic E-state index is -0.837. The number of hydrogen-bond acceptors (Lipinski definition) is 1. The lowest BCUT2D eigenvalue weighted by Gasteiger charge is -2.27. The lowest BCUT2D eigenvalue weighted by atomic mass is 9.79. The predicted molar refractivity (Wildman–Crippen MR) is 57.6 cm³/mol. The quantitative estimate of drug-likeness (QED) is 0.761. The minimum Gasteiger partial charge on any atom is -0.330 e. The molecule has 0 spiro atoms. The highest BCUT2D eigenvalue weighted by atomic mass is 19.2. The zero-order chi connectivity index (χ0) is 11.5. The largest absolute Gasteiger partial charge is 0.330 e. The van der Waals surface area contributed by atoms with E-state index in [9.17, 15) is 8.78 Å². The van der Waals surface area contributed by atoms with Gasteiger partial charge in [-0.2, -0.15) is 0 Å². The van der Waals surface area contributed by atoms with Crippen molar-refractivity contribution in [3.05, 3.63) is 48.1 Å². The van der Waals surface area contributed by atoms with Gasteiger partial charge in [-0.05, 0) is 18.1 Å². The summed E-state index contributed by atoms with van der Waals surface area (Å²) in [4.78, 5) is 0. The molecule has 0 amide bonds. The van der Waals surface area contributed by atoms with Gasteiger partial charge in [-0.1, -0.05) is 25.1 Å². The first kappa shape index (κ1) is 11.9. The normalized spacial score (nSPS) is 14.7. The highest BCUT2D eigenvalue weighted by Crippen LogP contribution is 2.29. The van der Waals surface area contributed by atoms with Crippen molar-refractivity contribution in [1.82, 2.24) is 0 Å². The van der Waals surface area contributed by atoms with Gasteiger partial charge in [0.1, 0.15) is 0 Å². The summed E-state index contributed by atoms with van der Waals surface area (Å²) in [5, 5.41) is 0. The van der Waals surface area contributed by atoms with Crippen molar-refractivity contribution >= 4 is 0 Å². The molecular formula is C12H15F2N. The fraction of sp³-hybridized carbons (Fsp3) is 0.333. The molecule has 1 aromatic carbocycles. The number of hydrogen-bond donors (Lipinski definition) is 1. The van der Waals surface area contributed by atoms with Crippen LogP contribution < -0.4 is 5.73 Å². The fourth-order valence-corrected chi connectivity index (χ4v) is 1.59. The van der Waals surface area contributed by atoms with Crippen LogP contribution in [0.15, 0.2) is 30.9 Å². The van der Waals surface area contributed by atoms with Crippen molar-refractivity contribution in [2.45, 2.75) is 18.8 Å². The number of rotatable bonds is 4. The Morgan fingerprint density at radius 2 is 2.13 bits per heavy atom. The van der Waals surface area contributed by atoms with E-state index in [-0.39, 0.29) is 6.54 Å².